The molecule has 0 aliphatic heterocycles. The van der Waals surface area contributed by atoms with Crippen LogP contribution in [0.3, 0.4) is 0 Å². The van der Waals surface area contributed by atoms with Gasteiger partial charge in [0.1, 0.15) is 34.7 Å². The molecular formula is C16H18F2N4O. The van der Waals surface area contributed by atoms with E-state index in [0.717, 1.165) is 12.1 Å². The van der Waals surface area contributed by atoms with Crippen LogP contribution in [-0.4, -0.2) is 22.4 Å². The Bertz CT molecular complexity index is 699. The molecule has 1 aromatic carbocycles. The van der Waals surface area contributed by atoms with Gasteiger partial charge in [0.05, 0.1) is 0 Å². The van der Waals surface area contributed by atoms with Gasteiger partial charge in [-0.05, 0) is 25.0 Å². The lowest BCUT2D eigenvalue weighted by Gasteiger charge is -2.11. The predicted molar refractivity (Wildman–Crippen MR) is 84.4 cm³/mol. The van der Waals surface area contributed by atoms with Crippen LogP contribution in [0.1, 0.15) is 30.2 Å². The van der Waals surface area contributed by atoms with E-state index < -0.39 is 23.2 Å². The summed E-state index contributed by atoms with van der Waals surface area (Å²) in [6, 6.07) is 4.81. The maximum absolute atomic E-state index is 13.6. The third-order valence-corrected chi connectivity index (χ3v) is 2.96. The van der Waals surface area contributed by atoms with Gasteiger partial charge in [-0.3, -0.25) is 4.79 Å². The highest BCUT2D eigenvalue weighted by Crippen LogP contribution is 2.19. The number of carbonyl (C=O) groups is 1. The summed E-state index contributed by atoms with van der Waals surface area (Å²) in [6.07, 6.45) is 0. The quantitative estimate of drug-likeness (QED) is 0.886. The molecule has 7 heteroatoms. The zero-order chi connectivity index (χ0) is 17.0. The first kappa shape index (κ1) is 16.8. The number of hydrogen-bond acceptors (Lipinski definition) is 4. The van der Waals surface area contributed by atoms with Gasteiger partial charge < -0.3 is 10.6 Å². The zero-order valence-electron chi connectivity index (χ0n) is 13.2. The van der Waals surface area contributed by atoms with Gasteiger partial charge in [-0.15, -0.1) is 0 Å². The first-order valence-corrected chi connectivity index (χ1v) is 7.21. The summed E-state index contributed by atoms with van der Waals surface area (Å²) < 4.78 is 27.2. The fourth-order valence-electron chi connectivity index (χ4n) is 1.88. The number of carbonyl (C=O) groups excluding carboxylic acids is 1. The Labute approximate surface area is 133 Å². The van der Waals surface area contributed by atoms with Crippen LogP contribution < -0.4 is 10.6 Å². The number of rotatable bonds is 5. The van der Waals surface area contributed by atoms with Crippen molar-refractivity contribution in [2.75, 3.05) is 17.2 Å². The Balaban J connectivity index is 2.22. The van der Waals surface area contributed by atoms with Gasteiger partial charge >= 0.3 is 0 Å². The van der Waals surface area contributed by atoms with Gasteiger partial charge in [-0.1, -0.05) is 19.9 Å². The van der Waals surface area contributed by atoms with E-state index in [9.17, 15) is 13.6 Å². The largest absolute Gasteiger partial charge is 0.370 e. The van der Waals surface area contributed by atoms with Gasteiger partial charge in [0, 0.05) is 12.6 Å². The number of nitrogens with zero attached hydrogens (tertiary/aromatic N) is 2. The van der Waals surface area contributed by atoms with E-state index in [1.54, 1.807) is 6.92 Å². The molecule has 0 aliphatic carbocycles. The Morgan fingerprint density at radius 3 is 2.48 bits per heavy atom. The van der Waals surface area contributed by atoms with E-state index in [-0.39, 0.29) is 5.69 Å². The number of benzene rings is 1. The molecule has 0 atom stereocenters. The monoisotopic (exact) mass is 320 g/mol. The second kappa shape index (κ2) is 7.13. The summed E-state index contributed by atoms with van der Waals surface area (Å²) in [5.74, 6) is -1.12. The Hall–Kier alpha value is -2.57. The zero-order valence-corrected chi connectivity index (χ0v) is 13.2. The summed E-state index contributed by atoms with van der Waals surface area (Å²) in [5, 5.41) is 5.29. The van der Waals surface area contributed by atoms with Crippen molar-refractivity contribution in [3.8, 4) is 0 Å². The highest BCUT2D eigenvalue weighted by atomic mass is 19.1. The lowest BCUT2D eigenvalue weighted by molar-refractivity contribution is 0.102. The van der Waals surface area contributed by atoms with Crippen LogP contribution in [0, 0.1) is 24.5 Å². The van der Waals surface area contributed by atoms with Crippen molar-refractivity contribution < 1.29 is 13.6 Å². The highest BCUT2D eigenvalue weighted by molar-refractivity contribution is 6.03. The minimum Gasteiger partial charge on any atom is -0.370 e. The maximum Gasteiger partial charge on any atom is 0.274 e. The number of hydrogen-bond donors (Lipinski definition) is 2. The topological polar surface area (TPSA) is 66.9 Å². The minimum absolute atomic E-state index is 0.0337. The van der Waals surface area contributed by atoms with Crippen LogP contribution in [0.15, 0.2) is 24.3 Å². The Morgan fingerprint density at radius 1 is 1.22 bits per heavy atom. The molecule has 2 N–H and O–H groups in total. The minimum atomic E-state index is -0.845. The maximum atomic E-state index is 13.6. The molecule has 0 fully saturated rings. The predicted octanol–water partition coefficient (Wildman–Crippen LogP) is 3.38. The molecule has 0 saturated carbocycles. The Morgan fingerprint density at radius 2 is 1.87 bits per heavy atom. The van der Waals surface area contributed by atoms with Crippen molar-refractivity contribution in [2.45, 2.75) is 20.8 Å². The SMILES string of the molecule is Cc1nc(NCC(C)C)cc(C(=O)Nc2c(F)cccc2F)n1. The van der Waals surface area contributed by atoms with E-state index >= 15 is 0 Å². The molecule has 0 aliphatic rings. The molecular weight excluding hydrogens is 302 g/mol. The van der Waals surface area contributed by atoms with Crippen LogP contribution >= 0.6 is 0 Å². The summed E-state index contributed by atoms with van der Waals surface area (Å²) in [7, 11) is 0. The van der Waals surface area contributed by atoms with Crippen LogP contribution in [0.5, 0.6) is 0 Å². The molecule has 5 nitrogen and oxygen atoms in total. The van der Waals surface area contributed by atoms with E-state index in [4.69, 9.17) is 0 Å². The standard InChI is InChI=1S/C16H18F2N4O/c1-9(2)8-19-14-7-13(20-10(3)21-14)16(23)22-15-11(17)5-4-6-12(15)18/h4-7,9H,8H2,1-3H3,(H,22,23)(H,19,20,21). The molecule has 1 heterocycles. The van der Waals surface area contributed by atoms with Crippen molar-refractivity contribution in [2.24, 2.45) is 5.92 Å². The number of amides is 1. The van der Waals surface area contributed by atoms with Gasteiger partial charge in [-0.2, -0.15) is 0 Å². The van der Waals surface area contributed by atoms with Gasteiger partial charge in [0.15, 0.2) is 0 Å². The van der Waals surface area contributed by atoms with Crippen molar-refractivity contribution in [1.29, 1.82) is 0 Å². The summed E-state index contributed by atoms with van der Waals surface area (Å²) >= 11 is 0. The molecule has 2 rings (SSSR count). The van der Waals surface area contributed by atoms with Crippen molar-refractivity contribution in [3.63, 3.8) is 0 Å². The van der Waals surface area contributed by atoms with E-state index in [2.05, 4.69) is 20.6 Å². The molecule has 122 valence electrons. The lowest BCUT2D eigenvalue weighted by atomic mass is 10.2. The Kier molecular flexibility index (Phi) is 5.20. The lowest BCUT2D eigenvalue weighted by Crippen LogP contribution is -2.18. The molecule has 0 spiro atoms. The molecule has 0 radical (unpaired) electrons. The molecule has 2 aromatic rings. The summed E-state index contributed by atoms with van der Waals surface area (Å²) in [4.78, 5) is 20.4. The van der Waals surface area contributed by atoms with E-state index in [1.165, 1.54) is 12.1 Å². The number of anilines is 2. The summed E-state index contributed by atoms with van der Waals surface area (Å²) in [6.45, 7) is 6.39. The first-order valence-electron chi connectivity index (χ1n) is 7.21. The second-order valence-corrected chi connectivity index (χ2v) is 5.51. The fourth-order valence-corrected chi connectivity index (χ4v) is 1.88. The summed E-state index contributed by atoms with van der Waals surface area (Å²) in [5.41, 5.74) is -0.461. The van der Waals surface area contributed by atoms with Crippen LogP contribution in [0.25, 0.3) is 0 Å². The molecule has 23 heavy (non-hydrogen) atoms. The van der Waals surface area contributed by atoms with E-state index in [0.29, 0.717) is 24.1 Å². The average molecular weight is 320 g/mol. The third kappa shape index (κ3) is 4.45. The number of aryl methyl sites for hydroxylation is 1. The number of para-hydroxylation sites is 1. The first-order chi connectivity index (χ1) is 10.9. The number of halogens is 2. The molecule has 1 amide bonds. The smallest absolute Gasteiger partial charge is 0.274 e. The number of aromatic nitrogens is 2. The van der Waals surface area contributed by atoms with Crippen molar-refractivity contribution in [3.05, 3.63) is 47.4 Å². The van der Waals surface area contributed by atoms with Crippen LogP contribution in [0.2, 0.25) is 0 Å². The average Bonchev–Trinajstić information content (AvgIpc) is 2.48. The van der Waals surface area contributed by atoms with Gasteiger partial charge in [0.2, 0.25) is 0 Å². The number of nitrogens with one attached hydrogen (secondary N) is 2. The molecule has 0 bridgehead atoms. The van der Waals surface area contributed by atoms with Crippen molar-refractivity contribution in [1.82, 2.24) is 9.97 Å². The van der Waals surface area contributed by atoms with E-state index in [1.807, 2.05) is 13.8 Å². The van der Waals surface area contributed by atoms with Crippen LogP contribution in [0.4, 0.5) is 20.3 Å². The molecule has 1 aromatic heterocycles. The second-order valence-electron chi connectivity index (χ2n) is 5.51. The third-order valence-electron chi connectivity index (χ3n) is 2.96. The fraction of sp³-hybridized carbons (Fsp3) is 0.312. The molecule has 0 saturated heterocycles. The van der Waals surface area contributed by atoms with Gasteiger partial charge in [-0.25, -0.2) is 18.7 Å². The van der Waals surface area contributed by atoms with Crippen LogP contribution in [-0.2, 0) is 0 Å². The molecule has 0 unspecified atom stereocenters. The normalized spacial score (nSPS) is 10.7. The van der Waals surface area contributed by atoms with Crippen molar-refractivity contribution >= 4 is 17.4 Å². The highest BCUT2D eigenvalue weighted by Gasteiger charge is 2.15. The van der Waals surface area contributed by atoms with Gasteiger partial charge in [0.25, 0.3) is 5.91 Å².